The molecule has 1 amide bonds. The van der Waals surface area contributed by atoms with Gasteiger partial charge in [-0.25, -0.2) is 4.39 Å². The highest BCUT2D eigenvalue weighted by Crippen LogP contribution is 2.16. The molecule has 17 heavy (non-hydrogen) atoms. The van der Waals surface area contributed by atoms with Gasteiger partial charge in [0.05, 0.1) is 0 Å². The fraction of sp³-hybridized carbons (Fsp3) is 0.462. The SMILES string of the molecule is CCC(NCCNC(C)=O)c1ccc(F)cc1. The van der Waals surface area contributed by atoms with Crippen LogP contribution in [0.1, 0.15) is 31.9 Å². The predicted octanol–water partition coefficient (Wildman–Crippen LogP) is 2.00. The molecule has 0 saturated carbocycles. The van der Waals surface area contributed by atoms with Gasteiger partial charge in [0.2, 0.25) is 5.91 Å². The summed E-state index contributed by atoms with van der Waals surface area (Å²) in [6, 6.07) is 6.70. The van der Waals surface area contributed by atoms with Gasteiger partial charge in [-0.05, 0) is 24.1 Å². The van der Waals surface area contributed by atoms with E-state index in [4.69, 9.17) is 0 Å². The zero-order chi connectivity index (χ0) is 12.7. The van der Waals surface area contributed by atoms with Gasteiger partial charge in [0.15, 0.2) is 0 Å². The maximum atomic E-state index is 12.8. The second-order valence-corrected chi connectivity index (χ2v) is 3.95. The standard InChI is InChI=1S/C13H19FN2O/c1-3-13(16-9-8-15-10(2)17)11-4-6-12(14)7-5-11/h4-7,13,16H,3,8-9H2,1-2H3,(H,15,17). The summed E-state index contributed by atoms with van der Waals surface area (Å²) in [7, 11) is 0. The molecule has 0 fully saturated rings. The number of nitrogens with one attached hydrogen (secondary N) is 2. The normalized spacial score (nSPS) is 12.2. The maximum absolute atomic E-state index is 12.8. The van der Waals surface area contributed by atoms with Crippen LogP contribution in [0.4, 0.5) is 4.39 Å². The van der Waals surface area contributed by atoms with Crippen LogP contribution in [0.15, 0.2) is 24.3 Å². The van der Waals surface area contributed by atoms with Gasteiger partial charge < -0.3 is 10.6 Å². The predicted molar refractivity (Wildman–Crippen MR) is 66.1 cm³/mol. The largest absolute Gasteiger partial charge is 0.355 e. The molecule has 0 saturated heterocycles. The third-order valence-corrected chi connectivity index (χ3v) is 2.57. The number of carbonyl (C=O) groups is 1. The second kappa shape index (κ2) is 7.01. The fourth-order valence-corrected chi connectivity index (χ4v) is 1.68. The van der Waals surface area contributed by atoms with E-state index in [1.807, 2.05) is 0 Å². The molecule has 0 aliphatic heterocycles. The van der Waals surface area contributed by atoms with E-state index in [-0.39, 0.29) is 17.8 Å². The first-order valence-corrected chi connectivity index (χ1v) is 5.86. The van der Waals surface area contributed by atoms with Crippen molar-refractivity contribution in [3.05, 3.63) is 35.6 Å². The molecule has 1 aromatic rings. The highest BCUT2D eigenvalue weighted by atomic mass is 19.1. The Balaban J connectivity index is 2.43. The lowest BCUT2D eigenvalue weighted by molar-refractivity contribution is -0.118. The van der Waals surface area contributed by atoms with E-state index in [9.17, 15) is 9.18 Å². The van der Waals surface area contributed by atoms with Crippen molar-refractivity contribution in [2.24, 2.45) is 0 Å². The first kappa shape index (κ1) is 13.6. The first-order chi connectivity index (χ1) is 8.13. The van der Waals surface area contributed by atoms with Crippen molar-refractivity contribution in [2.75, 3.05) is 13.1 Å². The van der Waals surface area contributed by atoms with Crippen molar-refractivity contribution in [3.63, 3.8) is 0 Å². The van der Waals surface area contributed by atoms with Gasteiger partial charge >= 0.3 is 0 Å². The van der Waals surface area contributed by atoms with E-state index in [1.165, 1.54) is 19.1 Å². The summed E-state index contributed by atoms with van der Waals surface area (Å²) >= 11 is 0. The molecule has 0 bridgehead atoms. The van der Waals surface area contributed by atoms with Crippen molar-refractivity contribution in [1.29, 1.82) is 0 Å². The minimum absolute atomic E-state index is 0.0263. The topological polar surface area (TPSA) is 41.1 Å². The van der Waals surface area contributed by atoms with Crippen LogP contribution in [0.3, 0.4) is 0 Å². The summed E-state index contributed by atoms with van der Waals surface area (Å²) in [5.74, 6) is -0.247. The van der Waals surface area contributed by atoms with Gasteiger partial charge in [0.1, 0.15) is 5.82 Å². The molecule has 2 N–H and O–H groups in total. The van der Waals surface area contributed by atoms with Gasteiger partial charge in [0.25, 0.3) is 0 Å². The summed E-state index contributed by atoms with van der Waals surface area (Å²) < 4.78 is 12.8. The lowest BCUT2D eigenvalue weighted by Gasteiger charge is -2.17. The average Bonchev–Trinajstić information content (AvgIpc) is 2.30. The van der Waals surface area contributed by atoms with E-state index in [0.717, 1.165) is 12.0 Å². The molecule has 1 rings (SSSR count). The third-order valence-electron chi connectivity index (χ3n) is 2.57. The van der Waals surface area contributed by atoms with Crippen molar-refractivity contribution >= 4 is 5.91 Å². The summed E-state index contributed by atoms with van der Waals surface area (Å²) in [6.45, 7) is 4.87. The number of halogens is 1. The first-order valence-electron chi connectivity index (χ1n) is 5.86. The van der Waals surface area contributed by atoms with Gasteiger partial charge in [-0.15, -0.1) is 0 Å². The van der Waals surface area contributed by atoms with Crippen LogP contribution < -0.4 is 10.6 Å². The van der Waals surface area contributed by atoms with Crippen LogP contribution in [0, 0.1) is 5.82 Å². The zero-order valence-electron chi connectivity index (χ0n) is 10.3. The molecule has 0 aromatic heterocycles. The molecule has 0 aliphatic rings. The fourth-order valence-electron chi connectivity index (χ4n) is 1.68. The minimum atomic E-state index is -0.221. The average molecular weight is 238 g/mol. The Bertz CT molecular complexity index is 351. The smallest absolute Gasteiger partial charge is 0.216 e. The van der Waals surface area contributed by atoms with Crippen molar-refractivity contribution in [2.45, 2.75) is 26.3 Å². The van der Waals surface area contributed by atoms with Gasteiger partial charge in [-0.3, -0.25) is 4.79 Å². The van der Waals surface area contributed by atoms with Crippen LogP contribution in [-0.2, 0) is 4.79 Å². The quantitative estimate of drug-likeness (QED) is 0.744. The molecule has 0 aliphatic carbocycles. The lowest BCUT2D eigenvalue weighted by atomic mass is 10.0. The van der Waals surface area contributed by atoms with E-state index >= 15 is 0 Å². The monoisotopic (exact) mass is 238 g/mol. The Hall–Kier alpha value is -1.42. The van der Waals surface area contributed by atoms with E-state index < -0.39 is 0 Å². The van der Waals surface area contributed by atoms with E-state index in [0.29, 0.717) is 13.1 Å². The van der Waals surface area contributed by atoms with Crippen LogP contribution in [-0.4, -0.2) is 19.0 Å². The summed E-state index contributed by atoms with van der Waals surface area (Å²) in [6.07, 6.45) is 0.922. The summed E-state index contributed by atoms with van der Waals surface area (Å²) in [5, 5.41) is 6.05. The molecule has 1 aromatic carbocycles. The lowest BCUT2D eigenvalue weighted by Crippen LogP contribution is -2.32. The highest BCUT2D eigenvalue weighted by molar-refractivity contribution is 5.72. The van der Waals surface area contributed by atoms with E-state index in [1.54, 1.807) is 12.1 Å². The molecule has 3 nitrogen and oxygen atoms in total. The van der Waals surface area contributed by atoms with Gasteiger partial charge in [-0.1, -0.05) is 19.1 Å². The van der Waals surface area contributed by atoms with Crippen LogP contribution in [0.5, 0.6) is 0 Å². The molecule has 1 unspecified atom stereocenters. The number of rotatable bonds is 6. The van der Waals surface area contributed by atoms with Crippen LogP contribution in [0.2, 0.25) is 0 Å². The molecule has 4 heteroatoms. The Morgan fingerprint density at radius 1 is 1.29 bits per heavy atom. The Kier molecular flexibility index (Phi) is 5.63. The van der Waals surface area contributed by atoms with Crippen LogP contribution >= 0.6 is 0 Å². The number of hydrogen-bond acceptors (Lipinski definition) is 2. The summed E-state index contributed by atoms with van der Waals surface area (Å²) in [4.78, 5) is 10.7. The number of carbonyl (C=O) groups excluding carboxylic acids is 1. The molecule has 0 heterocycles. The number of hydrogen-bond donors (Lipinski definition) is 2. The molecule has 0 spiro atoms. The summed E-state index contributed by atoms with van der Waals surface area (Å²) in [5.41, 5.74) is 1.07. The van der Waals surface area contributed by atoms with Crippen molar-refractivity contribution in [3.8, 4) is 0 Å². The molecular weight excluding hydrogens is 219 g/mol. The second-order valence-electron chi connectivity index (χ2n) is 3.95. The Morgan fingerprint density at radius 2 is 1.94 bits per heavy atom. The molecule has 1 atom stereocenters. The van der Waals surface area contributed by atoms with Crippen molar-refractivity contribution < 1.29 is 9.18 Å². The Morgan fingerprint density at radius 3 is 2.47 bits per heavy atom. The number of amides is 1. The van der Waals surface area contributed by atoms with Crippen LogP contribution in [0.25, 0.3) is 0 Å². The maximum Gasteiger partial charge on any atom is 0.216 e. The van der Waals surface area contributed by atoms with Gasteiger partial charge in [-0.2, -0.15) is 0 Å². The Labute approximate surface area is 101 Å². The van der Waals surface area contributed by atoms with Crippen molar-refractivity contribution in [1.82, 2.24) is 10.6 Å². The third kappa shape index (κ3) is 4.95. The molecule has 94 valence electrons. The minimum Gasteiger partial charge on any atom is -0.355 e. The number of benzene rings is 1. The zero-order valence-corrected chi connectivity index (χ0v) is 10.3. The highest BCUT2D eigenvalue weighted by Gasteiger charge is 2.07. The molecular formula is C13H19FN2O. The molecule has 0 radical (unpaired) electrons. The van der Waals surface area contributed by atoms with Gasteiger partial charge in [0, 0.05) is 26.1 Å². The van der Waals surface area contributed by atoms with E-state index in [2.05, 4.69) is 17.6 Å².